The predicted molar refractivity (Wildman–Crippen MR) is 97.4 cm³/mol. The third kappa shape index (κ3) is 3.06. The number of rotatable bonds is 4. The number of hydrogen-bond acceptors (Lipinski definition) is 5. The van der Waals surface area contributed by atoms with Crippen LogP contribution in [0.5, 0.6) is 5.75 Å². The van der Waals surface area contributed by atoms with Crippen molar-refractivity contribution in [2.75, 3.05) is 0 Å². The molecule has 4 aromatic rings. The Bertz CT molecular complexity index is 1150. The fraction of sp³-hybridized carbons (Fsp3) is 0.158. The molecule has 0 saturated carbocycles. The molecule has 0 amide bonds. The van der Waals surface area contributed by atoms with Gasteiger partial charge in [-0.3, -0.25) is 14.5 Å². The monoisotopic (exact) mass is 347 g/mol. The molecular formula is C19H17N5O2. The molecule has 0 aliphatic heterocycles. The summed E-state index contributed by atoms with van der Waals surface area (Å²) in [7, 11) is 1.83. The van der Waals surface area contributed by atoms with Crippen LogP contribution in [-0.2, 0) is 13.7 Å². The zero-order valence-corrected chi connectivity index (χ0v) is 14.5. The summed E-state index contributed by atoms with van der Waals surface area (Å²) in [5.74, 6) is 0.673. The summed E-state index contributed by atoms with van der Waals surface area (Å²) in [4.78, 5) is 16.4. The summed E-state index contributed by atoms with van der Waals surface area (Å²) >= 11 is 0. The van der Waals surface area contributed by atoms with Gasteiger partial charge in [-0.1, -0.05) is 0 Å². The van der Waals surface area contributed by atoms with Gasteiger partial charge >= 0.3 is 0 Å². The first kappa shape index (κ1) is 16.0. The Hall–Kier alpha value is -3.48. The van der Waals surface area contributed by atoms with Gasteiger partial charge in [0.1, 0.15) is 23.7 Å². The van der Waals surface area contributed by atoms with Gasteiger partial charge in [0.05, 0.1) is 17.9 Å². The second-order valence-electron chi connectivity index (χ2n) is 6.04. The van der Waals surface area contributed by atoms with Crippen molar-refractivity contribution in [3.8, 4) is 11.4 Å². The van der Waals surface area contributed by atoms with Crippen molar-refractivity contribution in [1.29, 1.82) is 0 Å². The molecule has 7 heteroatoms. The Kier molecular flexibility index (Phi) is 3.96. The van der Waals surface area contributed by atoms with E-state index in [1.54, 1.807) is 28.0 Å². The highest BCUT2D eigenvalue weighted by Crippen LogP contribution is 2.22. The van der Waals surface area contributed by atoms with Crippen LogP contribution in [0.15, 0.2) is 59.9 Å². The number of fused-ring (bicyclic) bond motifs is 1. The van der Waals surface area contributed by atoms with Gasteiger partial charge in [-0.15, -0.1) is 0 Å². The van der Waals surface area contributed by atoms with Crippen LogP contribution in [-0.4, -0.2) is 24.5 Å². The van der Waals surface area contributed by atoms with E-state index in [0.717, 1.165) is 22.2 Å². The van der Waals surface area contributed by atoms with Gasteiger partial charge in [-0.2, -0.15) is 10.2 Å². The maximum atomic E-state index is 12.1. The van der Waals surface area contributed by atoms with E-state index in [0.29, 0.717) is 11.4 Å². The van der Waals surface area contributed by atoms with Crippen molar-refractivity contribution in [1.82, 2.24) is 24.5 Å². The molecule has 0 spiro atoms. The lowest BCUT2D eigenvalue weighted by atomic mass is 10.1. The quantitative estimate of drug-likeness (QED) is 0.567. The maximum absolute atomic E-state index is 12.1. The standard InChI is InChI=1S/C19H17N5O2/c1-13-5-7-20-17-4-3-15(9-16(13)17)26-12-18-19(25)6-8-24(22-18)14-10-21-23(2)11-14/h3-11H,12H2,1-2H3. The molecule has 1 aromatic carbocycles. The number of ether oxygens (including phenoxy) is 1. The van der Waals surface area contributed by atoms with Crippen molar-refractivity contribution >= 4 is 10.9 Å². The van der Waals surface area contributed by atoms with Crippen LogP contribution in [0.3, 0.4) is 0 Å². The van der Waals surface area contributed by atoms with Gasteiger partial charge in [-0.25, -0.2) is 4.68 Å². The molecule has 0 unspecified atom stereocenters. The first-order valence-corrected chi connectivity index (χ1v) is 8.16. The molecule has 0 bridgehead atoms. The van der Waals surface area contributed by atoms with E-state index in [1.807, 2.05) is 44.4 Å². The number of benzene rings is 1. The van der Waals surface area contributed by atoms with Crippen molar-refractivity contribution in [2.45, 2.75) is 13.5 Å². The lowest BCUT2D eigenvalue weighted by Crippen LogP contribution is -2.17. The summed E-state index contributed by atoms with van der Waals surface area (Å²) in [6.45, 7) is 2.11. The smallest absolute Gasteiger partial charge is 0.206 e. The van der Waals surface area contributed by atoms with E-state index in [1.165, 1.54) is 6.07 Å². The second kappa shape index (κ2) is 6.44. The molecule has 3 aromatic heterocycles. The summed E-state index contributed by atoms with van der Waals surface area (Å²) in [6.07, 6.45) is 6.91. The van der Waals surface area contributed by atoms with E-state index in [9.17, 15) is 4.79 Å². The molecule has 4 rings (SSSR count). The summed E-state index contributed by atoms with van der Waals surface area (Å²) in [6, 6.07) is 9.12. The van der Waals surface area contributed by atoms with Crippen LogP contribution >= 0.6 is 0 Å². The van der Waals surface area contributed by atoms with Gasteiger partial charge < -0.3 is 4.74 Å². The second-order valence-corrected chi connectivity index (χ2v) is 6.04. The lowest BCUT2D eigenvalue weighted by molar-refractivity contribution is 0.298. The highest BCUT2D eigenvalue weighted by Gasteiger charge is 2.07. The highest BCUT2D eigenvalue weighted by atomic mass is 16.5. The van der Waals surface area contributed by atoms with Gasteiger partial charge in [0, 0.05) is 30.9 Å². The molecule has 0 N–H and O–H groups in total. The first-order chi connectivity index (χ1) is 12.6. The van der Waals surface area contributed by atoms with E-state index in [4.69, 9.17) is 4.74 Å². The zero-order valence-electron chi connectivity index (χ0n) is 14.5. The van der Waals surface area contributed by atoms with Crippen molar-refractivity contribution in [3.05, 3.63) is 76.6 Å². The van der Waals surface area contributed by atoms with E-state index in [-0.39, 0.29) is 12.0 Å². The van der Waals surface area contributed by atoms with E-state index < -0.39 is 0 Å². The molecule has 0 fully saturated rings. The van der Waals surface area contributed by atoms with Crippen molar-refractivity contribution in [2.24, 2.45) is 7.05 Å². The van der Waals surface area contributed by atoms with Crippen LogP contribution in [0.4, 0.5) is 0 Å². The summed E-state index contributed by atoms with van der Waals surface area (Å²) < 4.78 is 9.10. The molecule has 7 nitrogen and oxygen atoms in total. The molecule has 0 saturated heterocycles. The minimum Gasteiger partial charge on any atom is -0.487 e. The topological polar surface area (TPSA) is 74.8 Å². The molecule has 0 radical (unpaired) electrons. The van der Waals surface area contributed by atoms with Crippen LogP contribution < -0.4 is 10.2 Å². The fourth-order valence-electron chi connectivity index (χ4n) is 2.72. The van der Waals surface area contributed by atoms with Crippen LogP contribution in [0.25, 0.3) is 16.6 Å². The van der Waals surface area contributed by atoms with Gasteiger partial charge in [-0.05, 0) is 36.8 Å². The normalized spacial score (nSPS) is 11.0. The zero-order chi connectivity index (χ0) is 18.1. The molecule has 26 heavy (non-hydrogen) atoms. The van der Waals surface area contributed by atoms with Crippen LogP contribution in [0.2, 0.25) is 0 Å². The predicted octanol–water partition coefficient (Wildman–Crippen LogP) is 2.40. The molecule has 0 aliphatic carbocycles. The van der Waals surface area contributed by atoms with Crippen molar-refractivity contribution in [3.63, 3.8) is 0 Å². The number of pyridine rings is 1. The Balaban J connectivity index is 1.60. The Morgan fingerprint density at radius 2 is 2.08 bits per heavy atom. The first-order valence-electron chi connectivity index (χ1n) is 8.16. The third-order valence-corrected chi connectivity index (χ3v) is 4.14. The van der Waals surface area contributed by atoms with Crippen LogP contribution in [0.1, 0.15) is 11.3 Å². The Labute approximate surface area is 149 Å². The summed E-state index contributed by atoms with van der Waals surface area (Å²) in [5, 5.41) is 9.51. The Morgan fingerprint density at radius 3 is 2.88 bits per heavy atom. The van der Waals surface area contributed by atoms with Gasteiger partial charge in [0.25, 0.3) is 0 Å². The summed E-state index contributed by atoms with van der Waals surface area (Å²) in [5.41, 5.74) is 2.98. The molecule has 130 valence electrons. The Morgan fingerprint density at radius 1 is 1.19 bits per heavy atom. The fourth-order valence-corrected chi connectivity index (χ4v) is 2.72. The number of hydrogen-bond donors (Lipinski definition) is 0. The number of nitrogens with zero attached hydrogens (tertiary/aromatic N) is 5. The van der Waals surface area contributed by atoms with Gasteiger partial charge in [0.15, 0.2) is 0 Å². The highest BCUT2D eigenvalue weighted by molar-refractivity contribution is 5.83. The average Bonchev–Trinajstić information content (AvgIpc) is 3.08. The molecule has 0 atom stereocenters. The average molecular weight is 347 g/mol. The largest absolute Gasteiger partial charge is 0.487 e. The van der Waals surface area contributed by atoms with E-state index in [2.05, 4.69) is 15.2 Å². The maximum Gasteiger partial charge on any atom is 0.206 e. The SMILES string of the molecule is Cc1ccnc2ccc(OCc3nn(-c4cnn(C)c4)ccc3=O)cc12. The van der Waals surface area contributed by atoms with E-state index >= 15 is 0 Å². The number of aromatic nitrogens is 5. The number of aryl methyl sites for hydroxylation is 2. The van der Waals surface area contributed by atoms with Crippen LogP contribution in [0, 0.1) is 6.92 Å². The molecule has 3 heterocycles. The molecule has 0 aliphatic rings. The van der Waals surface area contributed by atoms with Crippen molar-refractivity contribution < 1.29 is 4.74 Å². The van der Waals surface area contributed by atoms with Gasteiger partial charge in [0.2, 0.25) is 5.43 Å². The minimum absolute atomic E-state index is 0.0880. The third-order valence-electron chi connectivity index (χ3n) is 4.14. The lowest BCUT2D eigenvalue weighted by Gasteiger charge is -2.09. The molecular weight excluding hydrogens is 330 g/mol. The minimum atomic E-state index is -0.163.